The molecule has 0 fully saturated rings. The molecule has 0 unspecified atom stereocenters. The summed E-state index contributed by atoms with van der Waals surface area (Å²) >= 11 is 0. The van der Waals surface area contributed by atoms with Gasteiger partial charge in [0.2, 0.25) is 8.32 Å². The van der Waals surface area contributed by atoms with Crippen molar-refractivity contribution in [1.82, 2.24) is 0 Å². The van der Waals surface area contributed by atoms with Gasteiger partial charge in [0.15, 0.2) is 25.0 Å². The fourth-order valence-corrected chi connectivity index (χ4v) is 6.96. The quantitative estimate of drug-likeness (QED) is 0.455. The van der Waals surface area contributed by atoms with Crippen molar-refractivity contribution in [2.75, 3.05) is 0 Å². The molecule has 0 saturated carbocycles. The van der Waals surface area contributed by atoms with Crippen LogP contribution in [0.15, 0.2) is 11.6 Å². The summed E-state index contributed by atoms with van der Waals surface area (Å²) in [4.78, 5) is 12.9. The maximum absolute atomic E-state index is 12.9. The van der Waals surface area contributed by atoms with E-state index in [2.05, 4.69) is 58.9 Å². The largest absolute Gasteiger partial charge is 0.517 e. The van der Waals surface area contributed by atoms with Gasteiger partial charge in [-0.05, 0) is 84.6 Å². The van der Waals surface area contributed by atoms with E-state index < -0.39 is 33.3 Å². The molecule has 0 heterocycles. The standard InChI is InChI=1S/C19H42O5Si4/c1-25(2,3)21-16-13-15(19(20)24-28(10,11)12)14-17(22-26(4,5)6)18(16)23-27(7,8)9/h13,16-18H,14H2,1-12H3/t16-,17-,18-/m0/s1. The normalized spacial score (nSPS) is 24.7. The van der Waals surface area contributed by atoms with Crippen LogP contribution in [0.5, 0.6) is 0 Å². The Morgan fingerprint density at radius 3 is 1.61 bits per heavy atom. The number of rotatable bonds is 8. The van der Waals surface area contributed by atoms with Gasteiger partial charge in [-0.15, -0.1) is 0 Å². The molecule has 1 rings (SSSR count). The third-order valence-corrected chi connectivity index (χ3v) is 7.39. The van der Waals surface area contributed by atoms with E-state index in [4.69, 9.17) is 17.7 Å². The molecule has 0 aromatic rings. The van der Waals surface area contributed by atoms with E-state index in [0.29, 0.717) is 12.0 Å². The Bertz CT molecular complexity index is 579. The molecule has 0 aromatic carbocycles. The van der Waals surface area contributed by atoms with Crippen LogP contribution in [0, 0.1) is 0 Å². The van der Waals surface area contributed by atoms with E-state index in [1.54, 1.807) is 0 Å². The van der Waals surface area contributed by atoms with Gasteiger partial charge in [0.1, 0.15) is 0 Å². The second-order valence-electron chi connectivity index (χ2n) is 11.6. The number of hydrogen-bond acceptors (Lipinski definition) is 5. The molecule has 9 heteroatoms. The summed E-state index contributed by atoms with van der Waals surface area (Å²) in [6, 6.07) is 0. The molecular weight excluding hydrogens is 421 g/mol. The summed E-state index contributed by atoms with van der Waals surface area (Å²) in [5.41, 5.74) is 0.671. The van der Waals surface area contributed by atoms with Gasteiger partial charge in [-0.2, -0.15) is 0 Å². The Labute approximate surface area is 176 Å². The van der Waals surface area contributed by atoms with Crippen LogP contribution < -0.4 is 0 Å². The predicted octanol–water partition coefficient (Wildman–Crippen LogP) is 5.35. The van der Waals surface area contributed by atoms with E-state index in [-0.39, 0.29) is 24.3 Å². The van der Waals surface area contributed by atoms with Crippen LogP contribution in [0.2, 0.25) is 78.6 Å². The first-order valence-corrected chi connectivity index (χ1v) is 23.9. The minimum absolute atomic E-state index is 0.186. The highest BCUT2D eigenvalue weighted by Crippen LogP contribution is 2.33. The average Bonchev–Trinajstić information content (AvgIpc) is 2.35. The van der Waals surface area contributed by atoms with Crippen molar-refractivity contribution in [3.05, 3.63) is 11.6 Å². The highest BCUT2D eigenvalue weighted by molar-refractivity contribution is 6.71. The molecule has 0 spiro atoms. The van der Waals surface area contributed by atoms with Crippen molar-refractivity contribution in [2.24, 2.45) is 0 Å². The van der Waals surface area contributed by atoms with Crippen LogP contribution in [0.3, 0.4) is 0 Å². The fraction of sp³-hybridized carbons (Fsp3) is 0.842. The van der Waals surface area contributed by atoms with Crippen molar-refractivity contribution in [3.8, 4) is 0 Å². The maximum atomic E-state index is 12.9. The molecule has 1 aliphatic carbocycles. The third kappa shape index (κ3) is 10.1. The van der Waals surface area contributed by atoms with Crippen molar-refractivity contribution in [1.29, 1.82) is 0 Å². The van der Waals surface area contributed by atoms with E-state index in [0.717, 1.165) is 0 Å². The lowest BCUT2D eigenvalue weighted by molar-refractivity contribution is -0.132. The van der Waals surface area contributed by atoms with Gasteiger partial charge < -0.3 is 17.7 Å². The van der Waals surface area contributed by atoms with Gasteiger partial charge in [-0.1, -0.05) is 0 Å². The van der Waals surface area contributed by atoms with Crippen LogP contribution in [0.1, 0.15) is 6.42 Å². The Morgan fingerprint density at radius 1 is 0.750 bits per heavy atom. The summed E-state index contributed by atoms with van der Waals surface area (Å²) < 4.78 is 25.4. The minimum atomic E-state index is -1.98. The lowest BCUT2D eigenvalue weighted by Crippen LogP contribution is -2.54. The summed E-state index contributed by atoms with van der Waals surface area (Å²) in [5.74, 6) is -0.223. The first kappa shape index (κ1) is 26.0. The highest BCUT2D eigenvalue weighted by atomic mass is 28.4. The van der Waals surface area contributed by atoms with Crippen LogP contribution in [0.25, 0.3) is 0 Å². The Hall–Kier alpha value is -0.0425. The summed E-state index contributed by atoms with van der Waals surface area (Å²) in [6.07, 6.45) is 1.82. The van der Waals surface area contributed by atoms with E-state index >= 15 is 0 Å². The molecule has 0 amide bonds. The lowest BCUT2D eigenvalue weighted by Gasteiger charge is -2.43. The van der Waals surface area contributed by atoms with Gasteiger partial charge in [0.05, 0.1) is 18.3 Å². The Balaban J connectivity index is 3.32. The highest BCUT2D eigenvalue weighted by Gasteiger charge is 2.43. The van der Waals surface area contributed by atoms with Crippen LogP contribution >= 0.6 is 0 Å². The van der Waals surface area contributed by atoms with Crippen LogP contribution in [-0.2, 0) is 22.5 Å². The maximum Gasteiger partial charge on any atom is 0.320 e. The molecule has 0 aliphatic heterocycles. The fourth-order valence-electron chi connectivity index (χ4n) is 3.02. The summed E-state index contributed by atoms with van der Waals surface area (Å²) in [5, 5.41) is 0. The zero-order chi connectivity index (χ0) is 22.1. The molecule has 0 bridgehead atoms. The summed E-state index contributed by atoms with van der Waals surface area (Å²) in [6.45, 7) is 25.6. The predicted molar refractivity (Wildman–Crippen MR) is 127 cm³/mol. The van der Waals surface area contributed by atoms with Gasteiger partial charge in [-0.25, -0.2) is 4.79 Å². The van der Waals surface area contributed by atoms with Crippen LogP contribution in [-0.4, -0.2) is 57.6 Å². The second kappa shape index (κ2) is 8.99. The zero-order valence-corrected chi connectivity index (χ0v) is 24.1. The topological polar surface area (TPSA) is 54.0 Å². The molecule has 0 saturated heterocycles. The summed E-state index contributed by atoms with van der Waals surface area (Å²) in [7, 11) is -7.51. The molecule has 0 aromatic heterocycles. The number of carbonyl (C=O) groups excluding carboxylic acids is 1. The van der Waals surface area contributed by atoms with Crippen molar-refractivity contribution in [2.45, 2.75) is 103 Å². The lowest BCUT2D eigenvalue weighted by atomic mass is 9.92. The molecular formula is C19H42O5Si4. The average molecular weight is 463 g/mol. The molecule has 5 nitrogen and oxygen atoms in total. The second-order valence-corrected chi connectivity index (χ2v) is 29.4. The van der Waals surface area contributed by atoms with Crippen LogP contribution in [0.4, 0.5) is 0 Å². The Morgan fingerprint density at radius 2 is 1.21 bits per heavy atom. The van der Waals surface area contributed by atoms with Gasteiger partial charge >= 0.3 is 5.97 Å². The van der Waals surface area contributed by atoms with Crippen molar-refractivity contribution >= 4 is 39.2 Å². The number of carbonyl (C=O) groups is 1. The zero-order valence-electron chi connectivity index (χ0n) is 20.1. The van der Waals surface area contributed by atoms with Gasteiger partial charge in [0.25, 0.3) is 0 Å². The molecule has 28 heavy (non-hydrogen) atoms. The van der Waals surface area contributed by atoms with Crippen molar-refractivity contribution in [3.63, 3.8) is 0 Å². The molecule has 164 valence electrons. The van der Waals surface area contributed by atoms with E-state index in [1.807, 2.05) is 25.7 Å². The molecule has 0 N–H and O–H groups in total. The van der Waals surface area contributed by atoms with E-state index in [1.165, 1.54) is 0 Å². The smallest absolute Gasteiger partial charge is 0.320 e. The Kier molecular flexibility index (Phi) is 8.34. The minimum Gasteiger partial charge on any atom is -0.517 e. The molecule has 0 radical (unpaired) electrons. The molecule has 3 atom stereocenters. The van der Waals surface area contributed by atoms with Gasteiger partial charge in [-0.3, -0.25) is 0 Å². The number of hydrogen-bond donors (Lipinski definition) is 0. The third-order valence-electron chi connectivity index (χ3n) is 3.62. The first-order chi connectivity index (χ1) is 12.3. The van der Waals surface area contributed by atoms with Gasteiger partial charge in [0, 0.05) is 12.0 Å². The monoisotopic (exact) mass is 462 g/mol. The SMILES string of the molecule is C[Si](C)(C)OC(=O)C1=C[C@H](O[Si](C)(C)C)[C@H](O[Si](C)(C)C)[C@@H](O[Si](C)(C)C)C1. The van der Waals surface area contributed by atoms with Crippen molar-refractivity contribution < 1.29 is 22.5 Å². The molecule has 1 aliphatic rings. The van der Waals surface area contributed by atoms with E-state index in [9.17, 15) is 4.79 Å². The first-order valence-electron chi connectivity index (χ1n) is 10.2.